The number of likely N-dealkylation sites (tertiary alicyclic amines) is 1. The van der Waals surface area contributed by atoms with Crippen molar-refractivity contribution in [2.24, 2.45) is 11.1 Å². The first-order chi connectivity index (χ1) is 9.05. The molecule has 1 saturated heterocycles. The molecule has 1 aromatic heterocycles. The first kappa shape index (κ1) is 14.3. The molecule has 1 aromatic rings. The lowest BCUT2D eigenvalue weighted by atomic mass is 9.82. The highest BCUT2D eigenvalue weighted by Crippen LogP contribution is 2.33. The lowest BCUT2D eigenvalue weighted by molar-refractivity contribution is 0.0962. The minimum absolute atomic E-state index is 0.273. The standard InChI is InChI=1S/C15H25N3O/c1-15(2)6-8-18(9-7-15)13(10-16)12-4-5-14(19-3)17-11-12/h4-5,11,13H,6-10,16H2,1-3H3. The molecule has 0 spiro atoms. The Hall–Kier alpha value is -1.13. The molecule has 2 N–H and O–H groups in total. The Kier molecular flexibility index (Phi) is 4.42. The van der Waals surface area contributed by atoms with Gasteiger partial charge < -0.3 is 10.5 Å². The molecule has 2 rings (SSSR count). The molecule has 2 heterocycles. The van der Waals surface area contributed by atoms with E-state index in [2.05, 4.69) is 29.8 Å². The van der Waals surface area contributed by atoms with Crippen molar-refractivity contribution in [1.29, 1.82) is 0 Å². The highest BCUT2D eigenvalue weighted by Gasteiger charge is 2.29. The van der Waals surface area contributed by atoms with Gasteiger partial charge in [-0.3, -0.25) is 4.90 Å². The average molecular weight is 263 g/mol. The van der Waals surface area contributed by atoms with Gasteiger partial charge >= 0.3 is 0 Å². The minimum atomic E-state index is 0.273. The number of methoxy groups -OCH3 is 1. The molecule has 1 aliphatic rings. The largest absolute Gasteiger partial charge is 0.481 e. The van der Waals surface area contributed by atoms with E-state index in [0.717, 1.165) is 13.1 Å². The molecule has 0 amide bonds. The normalized spacial score (nSPS) is 21.1. The van der Waals surface area contributed by atoms with Gasteiger partial charge in [0.2, 0.25) is 5.88 Å². The predicted octanol–water partition coefficient (Wildman–Crippen LogP) is 2.21. The van der Waals surface area contributed by atoms with Gasteiger partial charge in [0, 0.05) is 24.8 Å². The van der Waals surface area contributed by atoms with Gasteiger partial charge in [-0.1, -0.05) is 19.9 Å². The molecule has 4 heteroatoms. The van der Waals surface area contributed by atoms with Crippen molar-refractivity contribution in [2.45, 2.75) is 32.7 Å². The Morgan fingerprint density at radius 3 is 2.53 bits per heavy atom. The van der Waals surface area contributed by atoms with Gasteiger partial charge in [0.05, 0.1) is 7.11 Å². The molecular formula is C15H25N3O. The molecule has 4 nitrogen and oxygen atoms in total. The van der Waals surface area contributed by atoms with E-state index in [9.17, 15) is 0 Å². The summed E-state index contributed by atoms with van der Waals surface area (Å²) in [5.74, 6) is 0.652. The molecule has 1 aliphatic heterocycles. The van der Waals surface area contributed by atoms with Crippen LogP contribution in [0.25, 0.3) is 0 Å². The zero-order valence-corrected chi connectivity index (χ0v) is 12.2. The average Bonchev–Trinajstić information content (AvgIpc) is 2.42. The smallest absolute Gasteiger partial charge is 0.212 e. The summed E-state index contributed by atoms with van der Waals surface area (Å²) in [6, 6.07) is 4.25. The lowest BCUT2D eigenvalue weighted by Crippen LogP contribution is -2.42. The summed E-state index contributed by atoms with van der Waals surface area (Å²) in [6.07, 6.45) is 4.34. The fourth-order valence-electron chi connectivity index (χ4n) is 2.65. The van der Waals surface area contributed by atoms with Crippen molar-refractivity contribution in [3.63, 3.8) is 0 Å². The first-order valence-corrected chi connectivity index (χ1v) is 7.00. The summed E-state index contributed by atoms with van der Waals surface area (Å²) in [5, 5.41) is 0. The number of hydrogen-bond donors (Lipinski definition) is 1. The Balaban J connectivity index is 2.07. The van der Waals surface area contributed by atoms with Crippen LogP contribution in [0.5, 0.6) is 5.88 Å². The quantitative estimate of drug-likeness (QED) is 0.905. The van der Waals surface area contributed by atoms with Gasteiger partial charge in [-0.05, 0) is 36.9 Å². The number of ether oxygens (including phenoxy) is 1. The van der Waals surface area contributed by atoms with Crippen molar-refractivity contribution < 1.29 is 4.74 Å². The second-order valence-electron chi connectivity index (χ2n) is 6.09. The number of pyridine rings is 1. The third kappa shape index (κ3) is 3.45. The van der Waals surface area contributed by atoms with Crippen LogP contribution < -0.4 is 10.5 Å². The van der Waals surface area contributed by atoms with Crippen molar-refractivity contribution >= 4 is 0 Å². The maximum atomic E-state index is 5.97. The van der Waals surface area contributed by atoms with Crippen LogP contribution in [0.15, 0.2) is 18.3 Å². The van der Waals surface area contributed by atoms with E-state index in [1.165, 1.54) is 18.4 Å². The molecular weight excluding hydrogens is 238 g/mol. The third-order valence-corrected chi connectivity index (χ3v) is 4.17. The molecule has 0 saturated carbocycles. The second-order valence-corrected chi connectivity index (χ2v) is 6.09. The summed E-state index contributed by atoms with van der Waals surface area (Å²) in [5.41, 5.74) is 7.62. The molecule has 1 fully saturated rings. The predicted molar refractivity (Wildman–Crippen MR) is 77.2 cm³/mol. The summed E-state index contributed by atoms with van der Waals surface area (Å²) in [6.45, 7) is 7.55. The number of aromatic nitrogens is 1. The molecule has 1 atom stereocenters. The van der Waals surface area contributed by atoms with E-state index in [1.54, 1.807) is 7.11 Å². The van der Waals surface area contributed by atoms with Crippen molar-refractivity contribution in [3.8, 4) is 5.88 Å². The van der Waals surface area contributed by atoms with Crippen LogP contribution >= 0.6 is 0 Å². The van der Waals surface area contributed by atoms with E-state index in [0.29, 0.717) is 17.8 Å². The van der Waals surface area contributed by atoms with E-state index in [-0.39, 0.29) is 6.04 Å². The summed E-state index contributed by atoms with van der Waals surface area (Å²) < 4.78 is 5.10. The van der Waals surface area contributed by atoms with Crippen LogP contribution in [0.4, 0.5) is 0 Å². The third-order valence-electron chi connectivity index (χ3n) is 4.17. The zero-order chi connectivity index (χ0) is 13.9. The van der Waals surface area contributed by atoms with Gasteiger partial charge in [-0.2, -0.15) is 0 Å². The number of nitrogens with two attached hydrogens (primary N) is 1. The minimum Gasteiger partial charge on any atom is -0.481 e. The Morgan fingerprint density at radius 1 is 1.37 bits per heavy atom. The maximum Gasteiger partial charge on any atom is 0.212 e. The van der Waals surface area contributed by atoms with Gasteiger partial charge in [-0.15, -0.1) is 0 Å². The fourth-order valence-corrected chi connectivity index (χ4v) is 2.65. The number of nitrogens with zero attached hydrogens (tertiary/aromatic N) is 2. The van der Waals surface area contributed by atoms with Crippen molar-refractivity contribution in [3.05, 3.63) is 23.9 Å². The highest BCUT2D eigenvalue weighted by molar-refractivity contribution is 5.21. The molecule has 1 unspecified atom stereocenters. The second kappa shape index (κ2) is 5.88. The van der Waals surface area contributed by atoms with E-state index in [4.69, 9.17) is 10.5 Å². The molecule has 19 heavy (non-hydrogen) atoms. The van der Waals surface area contributed by atoms with E-state index in [1.807, 2.05) is 12.3 Å². The van der Waals surface area contributed by atoms with Crippen LogP contribution in [0.3, 0.4) is 0 Å². The number of hydrogen-bond acceptors (Lipinski definition) is 4. The fraction of sp³-hybridized carbons (Fsp3) is 0.667. The highest BCUT2D eigenvalue weighted by atomic mass is 16.5. The first-order valence-electron chi connectivity index (χ1n) is 7.00. The summed E-state index contributed by atoms with van der Waals surface area (Å²) >= 11 is 0. The zero-order valence-electron chi connectivity index (χ0n) is 12.2. The topological polar surface area (TPSA) is 51.4 Å². The SMILES string of the molecule is COc1ccc(C(CN)N2CCC(C)(C)CC2)cn1. The van der Waals surface area contributed by atoms with E-state index >= 15 is 0 Å². The van der Waals surface area contributed by atoms with Crippen LogP contribution in [0, 0.1) is 5.41 Å². The molecule has 0 aromatic carbocycles. The van der Waals surface area contributed by atoms with Crippen molar-refractivity contribution in [1.82, 2.24) is 9.88 Å². The maximum absolute atomic E-state index is 5.97. The molecule has 0 bridgehead atoms. The van der Waals surface area contributed by atoms with Gasteiger partial charge in [0.1, 0.15) is 0 Å². The summed E-state index contributed by atoms with van der Waals surface area (Å²) in [4.78, 5) is 6.77. The Morgan fingerprint density at radius 2 is 2.05 bits per heavy atom. The van der Waals surface area contributed by atoms with E-state index < -0.39 is 0 Å². The monoisotopic (exact) mass is 263 g/mol. The Labute approximate surface area is 116 Å². The van der Waals surface area contributed by atoms with Crippen LogP contribution in [0.1, 0.15) is 38.3 Å². The molecule has 0 radical (unpaired) electrons. The van der Waals surface area contributed by atoms with Gasteiger partial charge in [-0.25, -0.2) is 4.98 Å². The van der Waals surface area contributed by atoms with Crippen LogP contribution in [-0.2, 0) is 0 Å². The number of rotatable bonds is 4. The molecule has 106 valence electrons. The molecule has 0 aliphatic carbocycles. The lowest BCUT2D eigenvalue weighted by Gasteiger charge is -2.40. The van der Waals surface area contributed by atoms with Gasteiger partial charge in [0.15, 0.2) is 0 Å². The van der Waals surface area contributed by atoms with Crippen molar-refractivity contribution in [2.75, 3.05) is 26.7 Å². The van der Waals surface area contributed by atoms with Crippen LogP contribution in [0.2, 0.25) is 0 Å². The Bertz CT molecular complexity index is 392. The van der Waals surface area contributed by atoms with Crippen LogP contribution in [-0.4, -0.2) is 36.6 Å². The number of piperidine rings is 1. The summed E-state index contributed by atoms with van der Waals surface area (Å²) in [7, 11) is 1.63. The van der Waals surface area contributed by atoms with Gasteiger partial charge in [0.25, 0.3) is 0 Å².